The van der Waals surface area contributed by atoms with Crippen molar-refractivity contribution in [3.63, 3.8) is 0 Å². The average Bonchev–Trinajstić information content (AvgIpc) is 2.98. The molecule has 0 atom stereocenters. The number of aromatic amines is 1. The number of H-pyrrole nitrogens is 1. The molecule has 0 fully saturated rings. The topological polar surface area (TPSA) is 114 Å². The van der Waals surface area contributed by atoms with Gasteiger partial charge in [-0.15, -0.1) is 0 Å². The SMILES string of the molecule is CC(CO)(CO)CO.O=C(O)CCCc1c[nH]c2ccccc12. The number of nitrogens with one attached hydrogen (secondary N) is 1. The fourth-order valence-corrected chi connectivity index (χ4v) is 1.92. The van der Waals surface area contributed by atoms with Crippen LogP contribution < -0.4 is 0 Å². The molecule has 1 heterocycles. The van der Waals surface area contributed by atoms with Gasteiger partial charge in [0.1, 0.15) is 0 Å². The van der Waals surface area contributed by atoms with Crippen molar-refractivity contribution in [2.45, 2.75) is 26.2 Å². The van der Waals surface area contributed by atoms with E-state index in [-0.39, 0.29) is 26.2 Å². The third-order valence-corrected chi connectivity index (χ3v) is 3.66. The minimum Gasteiger partial charge on any atom is -0.481 e. The zero-order valence-electron chi connectivity index (χ0n) is 13.3. The smallest absolute Gasteiger partial charge is 0.303 e. The van der Waals surface area contributed by atoms with Crippen molar-refractivity contribution in [1.29, 1.82) is 0 Å². The number of aromatic nitrogens is 1. The highest BCUT2D eigenvalue weighted by atomic mass is 16.4. The van der Waals surface area contributed by atoms with Crippen LogP contribution in [0.1, 0.15) is 25.3 Å². The second-order valence-corrected chi connectivity index (χ2v) is 5.89. The van der Waals surface area contributed by atoms with Crippen molar-refractivity contribution >= 4 is 16.9 Å². The Bertz CT molecular complexity index is 596. The van der Waals surface area contributed by atoms with Gasteiger partial charge < -0.3 is 25.4 Å². The number of hydrogen-bond acceptors (Lipinski definition) is 4. The van der Waals surface area contributed by atoms with Crippen molar-refractivity contribution < 1.29 is 25.2 Å². The van der Waals surface area contributed by atoms with Crippen LogP contribution in [0.2, 0.25) is 0 Å². The van der Waals surface area contributed by atoms with E-state index in [1.54, 1.807) is 6.92 Å². The Morgan fingerprint density at radius 1 is 1.13 bits per heavy atom. The van der Waals surface area contributed by atoms with Crippen LogP contribution in [-0.4, -0.2) is 51.2 Å². The molecule has 23 heavy (non-hydrogen) atoms. The van der Waals surface area contributed by atoms with E-state index in [2.05, 4.69) is 11.1 Å². The van der Waals surface area contributed by atoms with Gasteiger partial charge in [0.05, 0.1) is 19.8 Å². The van der Waals surface area contributed by atoms with Gasteiger partial charge in [0.15, 0.2) is 0 Å². The summed E-state index contributed by atoms with van der Waals surface area (Å²) in [5.41, 5.74) is 1.61. The molecule has 1 aromatic carbocycles. The number of carboxylic acid groups (broad SMARTS) is 1. The van der Waals surface area contributed by atoms with Gasteiger partial charge in [0, 0.05) is 28.9 Å². The maximum atomic E-state index is 10.4. The number of para-hydroxylation sites is 1. The molecule has 2 aromatic rings. The van der Waals surface area contributed by atoms with Crippen LogP contribution in [0.5, 0.6) is 0 Å². The fraction of sp³-hybridized carbons (Fsp3) is 0.471. The number of aryl methyl sites for hydroxylation is 1. The van der Waals surface area contributed by atoms with Gasteiger partial charge in [0.25, 0.3) is 0 Å². The minimum atomic E-state index is -0.727. The normalized spacial score (nSPS) is 11.1. The van der Waals surface area contributed by atoms with Gasteiger partial charge in [0.2, 0.25) is 0 Å². The van der Waals surface area contributed by atoms with Crippen LogP contribution in [-0.2, 0) is 11.2 Å². The minimum absolute atomic E-state index is 0.181. The fourth-order valence-electron chi connectivity index (χ4n) is 1.92. The molecule has 6 heteroatoms. The first kappa shape index (κ1) is 19.2. The molecule has 0 aliphatic heterocycles. The molecule has 0 saturated heterocycles. The van der Waals surface area contributed by atoms with Crippen LogP contribution in [0.15, 0.2) is 30.5 Å². The number of rotatable bonds is 7. The van der Waals surface area contributed by atoms with Gasteiger partial charge in [-0.05, 0) is 24.5 Å². The molecule has 0 aliphatic carbocycles. The highest BCUT2D eigenvalue weighted by Crippen LogP contribution is 2.19. The quantitative estimate of drug-likeness (QED) is 0.530. The Morgan fingerprint density at radius 2 is 1.74 bits per heavy atom. The van der Waals surface area contributed by atoms with Crippen molar-refractivity contribution in [2.75, 3.05) is 19.8 Å². The third kappa shape index (κ3) is 6.02. The van der Waals surface area contributed by atoms with E-state index in [0.717, 1.165) is 11.9 Å². The predicted molar refractivity (Wildman–Crippen MR) is 88.2 cm³/mol. The molecule has 0 bridgehead atoms. The summed E-state index contributed by atoms with van der Waals surface area (Å²) < 4.78 is 0. The first-order chi connectivity index (χ1) is 11.0. The molecule has 2 rings (SSSR count). The van der Waals surface area contributed by atoms with E-state index >= 15 is 0 Å². The van der Waals surface area contributed by atoms with Gasteiger partial charge in [-0.3, -0.25) is 4.79 Å². The Hall–Kier alpha value is -1.89. The van der Waals surface area contributed by atoms with Crippen molar-refractivity contribution in [3.05, 3.63) is 36.0 Å². The highest BCUT2D eigenvalue weighted by molar-refractivity contribution is 5.83. The monoisotopic (exact) mass is 323 g/mol. The third-order valence-electron chi connectivity index (χ3n) is 3.66. The number of fused-ring (bicyclic) bond motifs is 1. The molecule has 0 radical (unpaired) electrons. The number of benzene rings is 1. The number of carboxylic acids is 1. The van der Waals surface area contributed by atoms with Gasteiger partial charge >= 0.3 is 5.97 Å². The molecule has 5 N–H and O–H groups in total. The number of aliphatic carboxylic acids is 1. The van der Waals surface area contributed by atoms with Gasteiger partial charge in [-0.2, -0.15) is 0 Å². The van der Waals surface area contributed by atoms with E-state index in [0.29, 0.717) is 6.42 Å². The van der Waals surface area contributed by atoms with Gasteiger partial charge in [-0.1, -0.05) is 25.1 Å². The number of hydrogen-bond donors (Lipinski definition) is 5. The summed E-state index contributed by atoms with van der Waals surface area (Å²) in [6, 6.07) is 8.06. The maximum Gasteiger partial charge on any atom is 0.303 e. The zero-order valence-corrected chi connectivity index (χ0v) is 13.3. The summed E-state index contributed by atoms with van der Waals surface area (Å²) in [7, 11) is 0. The lowest BCUT2D eigenvalue weighted by atomic mass is 9.95. The van der Waals surface area contributed by atoms with Crippen molar-refractivity contribution in [3.8, 4) is 0 Å². The Kier molecular flexibility index (Phi) is 7.74. The molecular weight excluding hydrogens is 298 g/mol. The van der Waals surface area contributed by atoms with E-state index < -0.39 is 11.4 Å². The van der Waals surface area contributed by atoms with Crippen LogP contribution in [0, 0.1) is 5.41 Å². The van der Waals surface area contributed by atoms with Crippen molar-refractivity contribution in [1.82, 2.24) is 4.98 Å². The molecule has 1 aromatic heterocycles. The van der Waals surface area contributed by atoms with Crippen LogP contribution in [0.3, 0.4) is 0 Å². The van der Waals surface area contributed by atoms with Crippen LogP contribution >= 0.6 is 0 Å². The molecule has 0 saturated carbocycles. The number of aliphatic hydroxyl groups excluding tert-OH is 3. The first-order valence-electron chi connectivity index (χ1n) is 7.55. The Labute approximate surface area is 135 Å². The largest absolute Gasteiger partial charge is 0.481 e. The molecule has 0 amide bonds. The number of carbonyl (C=O) groups is 1. The Balaban J connectivity index is 0.000000284. The summed E-state index contributed by atoms with van der Waals surface area (Å²) in [6.45, 7) is 1.06. The standard InChI is InChI=1S/C12H13NO2.C5H12O3/c14-12(15)7-3-4-9-8-13-11-6-2-1-5-10(9)11;1-5(2-6,3-7)4-8/h1-2,5-6,8,13H,3-4,7H2,(H,14,15);6-8H,2-4H2,1H3. The molecule has 6 nitrogen and oxygen atoms in total. The summed E-state index contributed by atoms with van der Waals surface area (Å²) in [5, 5.41) is 35.1. The molecular formula is C17H25NO5. The maximum absolute atomic E-state index is 10.4. The summed E-state index contributed by atoms with van der Waals surface area (Å²) in [5.74, 6) is -0.727. The number of aliphatic hydroxyl groups is 3. The van der Waals surface area contributed by atoms with E-state index in [1.807, 2.05) is 24.4 Å². The van der Waals surface area contributed by atoms with E-state index in [9.17, 15) is 4.79 Å². The lowest BCUT2D eigenvalue weighted by Crippen LogP contribution is -2.29. The lowest BCUT2D eigenvalue weighted by molar-refractivity contribution is -0.137. The second-order valence-electron chi connectivity index (χ2n) is 5.89. The van der Waals surface area contributed by atoms with Crippen molar-refractivity contribution in [2.24, 2.45) is 5.41 Å². The molecule has 128 valence electrons. The lowest BCUT2D eigenvalue weighted by Gasteiger charge is -2.20. The molecule has 0 aliphatic rings. The average molecular weight is 323 g/mol. The van der Waals surface area contributed by atoms with E-state index in [1.165, 1.54) is 10.9 Å². The summed E-state index contributed by atoms with van der Waals surface area (Å²) in [6.07, 6.45) is 3.71. The first-order valence-corrected chi connectivity index (χ1v) is 7.55. The van der Waals surface area contributed by atoms with E-state index in [4.69, 9.17) is 20.4 Å². The van der Waals surface area contributed by atoms with Crippen LogP contribution in [0.4, 0.5) is 0 Å². The summed E-state index contributed by atoms with van der Waals surface area (Å²) in [4.78, 5) is 13.6. The zero-order chi connectivity index (χ0) is 17.3. The highest BCUT2D eigenvalue weighted by Gasteiger charge is 2.20. The molecule has 0 spiro atoms. The Morgan fingerprint density at radius 3 is 2.26 bits per heavy atom. The molecule has 0 unspecified atom stereocenters. The van der Waals surface area contributed by atoms with Crippen LogP contribution in [0.25, 0.3) is 10.9 Å². The summed E-state index contributed by atoms with van der Waals surface area (Å²) >= 11 is 0. The van der Waals surface area contributed by atoms with Gasteiger partial charge in [-0.25, -0.2) is 0 Å². The second kappa shape index (κ2) is 9.29. The predicted octanol–water partition coefficient (Wildman–Crippen LogP) is 1.54.